The summed E-state index contributed by atoms with van der Waals surface area (Å²) < 4.78 is 41.7. The molecule has 0 saturated carbocycles. The average Bonchev–Trinajstić information content (AvgIpc) is 3.07. The Balaban J connectivity index is 1.85. The molecule has 1 aromatic carbocycles. The van der Waals surface area contributed by atoms with E-state index in [4.69, 9.17) is 11.6 Å². The van der Waals surface area contributed by atoms with Crippen LogP contribution in [0.3, 0.4) is 0 Å². The molecule has 0 atom stereocenters. The van der Waals surface area contributed by atoms with Crippen LogP contribution in [0.4, 0.5) is 18.9 Å². The molecule has 0 saturated heterocycles. The molecule has 2 heterocycles. The second-order valence-electron chi connectivity index (χ2n) is 6.47. The van der Waals surface area contributed by atoms with E-state index in [-0.39, 0.29) is 34.0 Å². The summed E-state index contributed by atoms with van der Waals surface area (Å²) in [4.78, 5) is 40.7. The molecule has 30 heavy (non-hydrogen) atoms. The van der Waals surface area contributed by atoms with E-state index in [9.17, 15) is 27.6 Å². The third-order valence-corrected chi connectivity index (χ3v) is 4.76. The number of nitrogens with zero attached hydrogens (tertiary/aromatic N) is 4. The summed E-state index contributed by atoms with van der Waals surface area (Å²) in [5, 5.41) is 2.26. The molecule has 1 amide bonds. The molecular formula is C18H15ClF3N5O3. The molecule has 12 heteroatoms. The summed E-state index contributed by atoms with van der Waals surface area (Å²) in [7, 11) is 2.75. The molecule has 0 radical (unpaired) electrons. The van der Waals surface area contributed by atoms with Crippen molar-refractivity contribution in [2.45, 2.75) is 12.7 Å². The molecule has 3 aromatic rings. The van der Waals surface area contributed by atoms with Gasteiger partial charge in [0.25, 0.3) is 5.56 Å². The monoisotopic (exact) mass is 441 g/mol. The summed E-state index contributed by atoms with van der Waals surface area (Å²) in [5.41, 5.74) is -2.23. The Bertz CT molecular complexity index is 1300. The number of rotatable bonds is 4. The van der Waals surface area contributed by atoms with Gasteiger partial charge in [0.15, 0.2) is 11.2 Å². The lowest BCUT2D eigenvalue weighted by Crippen LogP contribution is -2.37. The number of carbonyl (C=O) groups is 1. The largest absolute Gasteiger partial charge is 0.416 e. The quantitative estimate of drug-likeness (QED) is 0.672. The van der Waals surface area contributed by atoms with Crippen molar-refractivity contribution in [3.8, 4) is 0 Å². The number of imidazole rings is 1. The first-order valence-electron chi connectivity index (χ1n) is 8.38. The fourth-order valence-corrected chi connectivity index (χ4v) is 3.16. The van der Waals surface area contributed by atoms with Gasteiger partial charge in [-0.15, -0.1) is 0 Å². The molecule has 0 fully saturated rings. The van der Waals surface area contributed by atoms with Crippen LogP contribution in [-0.2, 0) is 25.4 Å². The van der Waals surface area contributed by atoms with Crippen LogP contribution >= 0.6 is 11.6 Å². The molecule has 2 aromatic heterocycles. The number of aromatic nitrogens is 4. The van der Waals surface area contributed by atoms with E-state index in [2.05, 4.69) is 16.9 Å². The van der Waals surface area contributed by atoms with Gasteiger partial charge >= 0.3 is 11.9 Å². The van der Waals surface area contributed by atoms with E-state index in [1.54, 1.807) is 0 Å². The van der Waals surface area contributed by atoms with Gasteiger partial charge in [0.1, 0.15) is 6.54 Å². The molecule has 1 N–H and O–H groups in total. The maximum absolute atomic E-state index is 12.8. The minimum atomic E-state index is -4.64. The lowest BCUT2D eigenvalue weighted by Gasteiger charge is -2.13. The standard InChI is InChI=1S/C18H15ClF3N5O3/c1-9(18(20,21)22)11-5-4-10(6-12(11)19)24-13(28)7-27-8-23-15-14(27)16(29)26(3)17(30)25(15)2/h4-6,8H,1,7H2,2-3H3,(H,24,28). The maximum atomic E-state index is 12.8. The lowest BCUT2D eigenvalue weighted by molar-refractivity contribution is -0.116. The van der Waals surface area contributed by atoms with Crippen molar-refractivity contribution in [1.82, 2.24) is 18.7 Å². The molecule has 0 aliphatic rings. The zero-order chi connectivity index (χ0) is 22.4. The highest BCUT2D eigenvalue weighted by atomic mass is 35.5. The predicted molar refractivity (Wildman–Crippen MR) is 105 cm³/mol. The first-order valence-corrected chi connectivity index (χ1v) is 8.76. The number of allylic oxidation sites excluding steroid dienone is 1. The third-order valence-electron chi connectivity index (χ3n) is 4.45. The van der Waals surface area contributed by atoms with Crippen LogP contribution in [0.1, 0.15) is 5.56 Å². The number of nitrogens with one attached hydrogen (secondary N) is 1. The molecule has 3 rings (SSSR count). The summed E-state index contributed by atoms with van der Waals surface area (Å²) in [6, 6.07) is 3.52. The SMILES string of the molecule is C=C(c1ccc(NC(=O)Cn2cnc3c2c(=O)n(C)c(=O)n3C)cc1Cl)C(F)(F)F. The lowest BCUT2D eigenvalue weighted by atomic mass is 10.1. The second-order valence-corrected chi connectivity index (χ2v) is 6.88. The summed E-state index contributed by atoms with van der Waals surface area (Å²) in [6.07, 6.45) is -3.39. The Kier molecular flexibility index (Phi) is 5.33. The number of fused-ring (bicyclic) bond motifs is 1. The van der Waals surface area contributed by atoms with Crippen molar-refractivity contribution in [2.75, 3.05) is 5.32 Å². The van der Waals surface area contributed by atoms with Gasteiger partial charge in [-0.25, -0.2) is 9.78 Å². The zero-order valence-corrected chi connectivity index (χ0v) is 16.5. The zero-order valence-electron chi connectivity index (χ0n) is 15.7. The van der Waals surface area contributed by atoms with Gasteiger partial charge in [-0.05, 0) is 12.1 Å². The Labute approximate surface area is 171 Å². The van der Waals surface area contributed by atoms with E-state index in [1.807, 2.05) is 0 Å². The van der Waals surface area contributed by atoms with Crippen molar-refractivity contribution in [3.63, 3.8) is 0 Å². The highest BCUT2D eigenvalue weighted by molar-refractivity contribution is 6.32. The van der Waals surface area contributed by atoms with Crippen LogP contribution in [0.5, 0.6) is 0 Å². The van der Waals surface area contributed by atoms with E-state index in [1.165, 1.54) is 41.7 Å². The van der Waals surface area contributed by atoms with Crippen LogP contribution in [0.25, 0.3) is 16.7 Å². The Morgan fingerprint density at radius 3 is 2.50 bits per heavy atom. The molecule has 158 valence electrons. The van der Waals surface area contributed by atoms with Gasteiger partial charge in [-0.3, -0.25) is 18.7 Å². The third kappa shape index (κ3) is 3.75. The molecular weight excluding hydrogens is 427 g/mol. The van der Waals surface area contributed by atoms with Crippen LogP contribution in [-0.4, -0.2) is 30.8 Å². The number of hydrogen-bond donors (Lipinski definition) is 1. The van der Waals surface area contributed by atoms with Crippen LogP contribution in [0, 0.1) is 0 Å². The predicted octanol–water partition coefficient (Wildman–Crippen LogP) is 2.30. The number of aryl methyl sites for hydroxylation is 1. The van der Waals surface area contributed by atoms with Crippen molar-refractivity contribution in [1.29, 1.82) is 0 Å². The van der Waals surface area contributed by atoms with Crippen molar-refractivity contribution < 1.29 is 18.0 Å². The second kappa shape index (κ2) is 7.48. The fourth-order valence-electron chi connectivity index (χ4n) is 2.86. The highest BCUT2D eigenvalue weighted by Crippen LogP contribution is 2.36. The van der Waals surface area contributed by atoms with Crippen LogP contribution in [0.15, 0.2) is 40.7 Å². The smallest absolute Gasteiger partial charge is 0.324 e. The van der Waals surface area contributed by atoms with E-state index < -0.39 is 28.9 Å². The van der Waals surface area contributed by atoms with E-state index in [0.29, 0.717) is 0 Å². The van der Waals surface area contributed by atoms with Crippen LogP contribution in [0.2, 0.25) is 5.02 Å². The number of halogens is 4. The van der Waals surface area contributed by atoms with Crippen molar-refractivity contribution in [2.24, 2.45) is 14.1 Å². The minimum absolute atomic E-state index is 0.0598. The summed E-state index contributed by atoms with van der Waals surface area (Å²) in [6.45, 7) is 2.67. The van der Waals surface area contributed by atoms with E-state index >= 15 is 0 Å². The van der Waals surface area contributed by atoms with Gasteiger partial charge < -0.3 is 9.88 Å². The molecule has 0 aliphatic carbocycles. The molecule has 0 spiro atoms. The number of amides is 1. The highest BCUT2D eigenvalue weighted by Gasteiger charge is 2.34. The van der Waals surface area contributed by atoms with Gasteiger partial charge in [-0.1, -0.05) is 24.2 Å². The topological polar surface area (TPSA) is 90.9 Å². The normalized spacial score (nSPS) is 11.7. The fraction of sp³-hybridized carbons (Fsp3) is 0.222. The number of anilines is 1. The molecule has 0 unspecified atom stereocenters. The molecule has 0 aliphatic heterocycles. The number of benzene rings is 1. The number of hydrogen-bond acceptors (Lipinski definition) is 4. The Morgan fingerprint density at radius 2 is 1.90 bits per heavy atom. The van der Waals surface area contributed by atoms with E-state index in [0.717, 1.165) is 10.6 Å². The summed E-state index contributed by atoms with van der Waals surface area (Å²) >= 11 is 5.90. The first-order chi connectivity index (χ1) is 13.9. The molecule has 8 nitrogen and oxygen atoms in total. The number of alkyl halides is 3. The van der Waals surface area contributed by atoms with Gasteiger partial charge in [0.2, 0.25) is 5.91 Å². The Hall–Kier alpha value is -3.34. The number of carbonyl (C=O) groups excluding carboxylic acids is 1. The van der Waals surface area contributed by atoms with Crippen LogP contribution < -0.4 is 16.6 Å². The Morgan fingerprint density at radius 1 is 1.23 bits per heavy atom. The minimum Gasteiger partial charge on any atom is -0.324 e. The van der Waals surface area contributed by atoms with Gasteiger partial charge in [-0.2, -0.15) is 13.2 Å². The average molecular weight is 442 g/mol. The molecule has 0 bridgehead atoms. The van der Waals surface area contributed by atoms with Gasteiger partial charge in [0.05, 0.1) is 16.9 Å². The maximum Gasteiger partial charge on any atom is 0.416 e. The first kappa shape index (κ1) is 21.4. The van der Waals surface area contributed by atoms with Gasteiger partial charge in [0, 0.05) is 25.3 Å². The van der Waals surface area contributed by atoms with Crippen molar-refractivity contribution >= 4 is 39.9 Å². The summed E-state index contributed by atoms with van der Waals surface area (Å²) in [5.74, 6) is -0.580. The van der Waals surface area contributed by atoms with Crippen molar-refractivity contribution in [3.05, 3.63) is 62.5 Å².